The summed E-state index contributed by atoms with van der Waals surface area (Å²) < 4.78 is 0. The molecule has 0 radical (unpaired) electrons. The molecule has 4 nitrogen and oxygen atoms in total. The van der Waals surface area contributed by atoms with E-state index >= 15 is 0 Å². The van der Waals surface area contributed by atoms with Crippen molar-refractivity contribution in [2.24, 2.45) is 5.92 Å². The van der Waals surface area contributed by atoms with Crippen LogP contribution in [0.4, 0.5) is 0 Å². The number of thiophene rings is 1. The molecule has 1 fully saturated rings. The molecule has 0 saturated heterocycles. The monoisotopic (exact) mass is 281 g/mol. The van der Waals surface area contributed by atoms with Crippen LogP contribution in [0.5, 0.6) is 0 Å². The molecule has 1 amide bonds. The van der Waals surface area contributed by atoms with Gasteiger partial charge in [-0.3, -0.25) is 4.79 Å². The van der Waals surface area contributed by atoms with Gasteiger partial charge in [0.05, 0.1) is 4.88 Å². The second-order valence-electron chi connectivity index (χ2n) is 5.16. The number of carboxylic acid groups (broad SMARTS) is 1. The maximum atomic E-state index is 12.2. The molecule has 1 aliphatic carbocycles. The van der Waals surface area contributed by atoms with Crippen LogP contribution in [0.3, 0.4) is 0 Å². The van der Waals surface area contributed by atoms with Crippen molar-refractivity contribution in [1.29, 1.82) is 0 Å². The van der Waals surface area contributed by atoms with Crippen LogP contribution in [0.15, 0.2) is 12.1 Å². The molecule has 1 N–H and O–H groups in total. The van der Waals surface area contributed by atoms with Crippen molar-refractivity contribution >= 4 is 23.2 Å². The van der Waals surface area contributed by atoms with Gasteiger partial charge in [-0.2, -0.15) is 0 Å². The first-order valence-corrected chi connectivity index (χ1v) is 7.48. The summed E-state index contributed by atoms with van der Waals surface area (Å²) in [5, 5.41) is 8.87. The Balaban J connectivity index is 1.95. The Kier molecular flexibility index (Phi) is 4.58. The molecule has 5 heteroatoms. The Bertz CT molecular complexity index is 463. The maximum absolute atomic E-state index is 12.2. The topological polar surface area (TPSA) is 57.6 Å². The van der Waals surface area contributed by atoms with E-state index in [4.69, 9.17) is 5.11 Å². The number of carbonyl (C=O) groups excluding carboxylic acids is 1. The van der Waals surface area contributed by atoms with Gasteiger partial charge in [0.1, 0.15) is 4.88 Å². The predicted molar refractivity (Wildman–Crippen MR) is 74.8 cm³/mol. The van der Waals surface area contributed by atoms with E-state index in [1.165, 1.54) is 38.2 Å². The largest absolute Gasteiger partial charge is 0.477 e. The first-order chi connectivity index (χ1) is 9.08. The molecule has 2 rings (SSSR count). The lowest BCUT2D eigenvalue weighted by Crippen LogP contribution is -2.32. The normalized spacial score (nSPS) is 16.3. The molecule has 1 aromatic rings. The fraction of sp³-hybridized carbons (Fsp3) is 0.571. The highest BCUT2D eigenvalue weighted by Crippen LogP contribution is 2.25. The maximum Gasteiger partial charge on any atom is 0.345 e. The zero-order valence-electron chi connectivity index (χ0n) is 11.1. The molecule has 0 aromatic carbocycles. The number of hydrogen-bond acceptors (Lipinski definition) is 3. The van der Waals surface area contributed by atoms with E-state index in [1.807, 2.05) is 0 Å². The van der Waals surface area contributed by atoms with Crippen molar-refractivity contribution in [2.45, 2.75) is 32.1 Å². The summed E-state index contributed by atoms with van der Waals surface area (Å²) in [6.07, 6.45) is 6.22. The molecule has 1 aromatic heterocycles. The lowest BCUT2D eigenvalue weighted by molar-refractivity contribution is 0.0701. The molecule has 0 aliphatic heterocycles. The third kappa shape index (κ3) is 3.56. The molecule has 0 bridgehead atoms. The fourth-order valence-electron chi connectivity index (χ4n) is 2.60. The summed E-state index contributed by atoms with van der Waals surface area (Å²) in [6.45, 7) is 0.777. The van der Waals surface area contributed by atoms with Gasteiger partial charge in [-0.05, 0) is 30.9 Å². The number of amides is 1. The third-order valence-corrected chi connectivity index (χ3v) is 4.69. The Hall–Kier alpha value is -1.36. The van der Waals surface area contributed by atoms with Gasteiger partial charge < -0.3 is 10.0 Å². The van der Waals surface area contributed by atoms with Gasteiger partial charge in [0.15, 0.2) is 0 Å². The van der Waals surface area contributed by atoms with E-state index in [9.17, 15) is 9.59 Å². The molecular formula is C14H19NO3S. The molecular weight excluding hydrogens is 262 g/mol. The highest BCUT2D eigenvalue weighted by molar-refractivity contribution is 7.15. The Morgan fingerprint density at radius 3 is 2.47 bits per heavy atom. The predicted octanol–water partition coefficient (Wildman–Crippen LogP) is 3.10. The van der Waals surface area contributed by atoms with Crippen molar-refractivity contribution in [3.8, 4) is 0 Å². The first-order valence-electron chi connectivity index (χ1n) is 6.66. The van der Waals surface area contributed by atoms with Crippen LogP contribution in [0.1, 0.15) is 51.4 Å². The summed E-state index contributed by atoms with van der Waals surface area (Å²) in [5.74, 6) is -0.441. The summed E-state index contributed by atoms with van der Waals surface area (Å²) in [4.78, 5) is 25.5. The Morgan fingerprint density at radius 2 is 1.89 bits per heavy atom. The third-order valence-electron chi connectivity index (χ3n) is 3.63. The number of nitrogens with zero attached hydrogens (tertiary/aromatic N) is 1. The van der Waals surface area contributed by atoms with Gasteiger partial charge in [0.2, 0.25) is 0 Å². The van der Waals surface area contributed by atoms with Crippen LogP contribution >= 0.6 is 11.3 Å². The highest BCUT2D eigenvalue weighted by atomic mass is 32.1. The van der Waals surface area contributed by atoms with Crippen molar-refractivity contribution in [3.63, 3.8) is 0 Å². The van der Waals surface area contributed by atoms with Crippen LogP contribution in [0, 0.1) is 5.92 Å². The second kappa shape index (κ2) is 6.19. The van der Waals surface area contributed by atoms with Crippen LogP contribution in [0.2, 0.25) is 0 Å². The van der Waals surface area contributed by atoms with E-state index in [0.29, 0.717) is 10.8 Å². The van der Waals surface area contributed by atoms with E-state index in [-0.39, 0.29) is 10.8 Å². The quantitative estimate of drug-likeness (QED) is 0.922. The van der Waals surface area contributed by atoms with Crippen LogP contribution < -0.4 is 0 Å². The Morgan fingerprint density at radius 1 is 1.26 bits per heavy atom. The van der Waals surface area contributed by atoms with Crippen LogP contribution in [-0.4, -0.2) is 35.5 Å². The summed E-state index contributed by atoms with van der Waals surface area (Å²) >= 11 is 1.05. The van der Waals surface area contributed by atoms with E-state index in [1.54, 1.807) is 18.0 Å². The molecule has 1 aliphatic rings. The van der Waals surface area contributed by atoms with E-state index < -0.39 is 5.97 Å². The smallest absolute Gasteiger partial charge is 0.345 e. The van der Waals surface area contributed by atoms with Gasteiger partial charge in [-0.25, -0.2) is 4.79 Å². The number of aromatic carboxylic acids is 1. The van der Waals surface area contributed by atoms with Crippen molar-refractivity contribution in [1.82, 2.24) is 4.90 Å². The minimum Gasteiger partial charge on any atom is -0.477 e. The Labute approximate surface area is 117 Å². The summed E-state index contributed by atoms with van der Waals surface area (Å²) in [6, 6.07) is 3.10. The van der Waals surface area contributed by atoms with Crippen molar-refractivity contribution in [2.75, 3.05) is 13.6 Å². The molecule has 19 heavy (non-hydrogen) atoms. The minimum absolute atomic E-state index is 0.0666. The van der Waals surface area contributed by atoms with E-state index in [2.05, 4.69) is 0 Å². The van der Waals surface area contributed by atoms with Gasteiger partial charge in [0.25, 0.3) is 5.91 Å². The van der Waals surface area contributed by atoms with Gasteiger partial charge in [-0.1, -0.05) is 19.3 Å². The van der Waals surface area contributed by atoms with Crippen molar-refractivity contribution < 1.29 is 14.7 Å². The van der Waals surface area contributed by atoms with Crippen LogP contribution in [-0.2, 0) is 0 Å². The second-order valence-corrected chi connectivity index (χ2v) is 6.24. The van der Waals surface area contributed by atoms with E-state index in [0.717, 1.165) is 17.9 Å². The summed E-state index contributed by atoms with van der Waals surface area (Å²) in [7, 11) is 1.80. The molecule has 0 unspecified atom stereocenters. The molecule has 1 saturated carbocycles. The SMILES string of the molecule is CN(CC1CCCCC1)C(=O)c1ccc(C(=O)O)s1. The lowest BCUT2D eigenvalue weighted by atomic mass is 9.89. The average molecular weight is 281 g/mol. The van der Waals surface area contributed by atoms with Gasteiger partial charge in [-0.15, -0.1) is 11.3 Å². The highest BCUT2D eigenvalue weighted by Gasteiger charge is 2.21. The molecule has 0 atom stereocenters. The van der Waals surface area contributed by atoms with Gasteiger partial charge in [0, 0.05) is 13.6 Å². The average Bonchev–Trinajstić information content (AvgIpc) is 2.88. The number of hydrogen-bond donors (Lipinski definition) is 1. The lowest BCUT2D eigenvalue weighted by Gasteiger charge is -2.26. The zero-order valence-corrected chi connectivity index (χ0v) is 11.9. The molecule has 0 spiro atoms. The molecule has 1 heterocycles. The zero-order chi connectivity index (χ0) is 13.8. The summed E-state index contributed by atoms with van der Waals surface area (Å²) in [5.41, 5.74) is 0. The molecule has 104 valence electrons. The van der Waals surface area contributed by atoms with Crippen LogP contribution in [0.25, 0.3) is 0 Å². The number of rotatable bonds is 4. The number of carboxylic acids is 1. The first kappa shape index (κ1) is 14.1. The standard InChI is InChI=1S/C14H19NO3S/c1-15(9-10-5-3-2-4-6-10)13(16)11-7-8-12(19-11)14(17)18/h7-8,10H,2-6,9H2,1H3,(H,17,18). The minimum atomic E-state index is -0.973. The number of carbonyl (C=O) groups is 2. The van der Waals surface area contributed by atoms with Gasteiger partial charge >= 0.3 is 5.97 Å². The van der Waals surface area contributed by atoms with Crippen molar-refractivity contribution in [3.05, 3.63) is 21.9 Å². The fourth-order valence-corrected chi connectivity index (χ4v) is 3.44.